The lowest BCUT2D eigenvalue weighted by Crippen LogP contribution is -2.69. The second-order valence-electron chi connectivity index (χ2n) is 7.53. The van der Waals surface area contributed by atoms with Crippen LogP contribution in [0, 0.1) is 0 Å². The molecule has 2 aliphatic rings. The number of hydrogen-bond acceptors (Lipinski definition) is 6. The SMILES string of the molecule is CCOc1ccccc1NC(=O)CN1C(=O)N(Cc2cccs2)C(=O)C2NCCCC21. The second kappa shape index (κ2) is 9.49. The summed E-state index contributed by atoms with van der Waals surface area (Å²) in [6.45, 7) is 3.16. The lowest BCUT2D eigenvalue weighted by molar-refractivity contribution is -0.138. The van der Waals surface area contributed by atoms with Crippen LogP contribution < -0.4 is 15.4 Å². The largest absolute Gasteiger partial charge is 0.492 e. The third kappa shape index (κ3) is 4.57. The highest BCUT2D eigenvalue weighted by Crippen LogP contribution is 2.28. The summed E-state index contributed by atoms with van der Waals surface area (Å²) >= 11 is 1.49. The van der Waals surface area contributed by atoms with Crippen LogP contribution in [-0.4, -0.2) is 59.4 Å². The molecule has 4 amide bonds. The van der Waals surface area contributed by atoms with Crippen LogP contribution in [0.4, 0.5) is 10.5 Å². The van der Waals surface area contributed by atoms with Gasteiger partial charge in [-0.05, 0) is 49.9 Å². The molecule has 2 fully saturated rings. The Morgan fingerprint density at radius 2 is 2.10 bits per heavy atom. The van der Waals surface area contributed by atoms with Crippen molar-refractivity contribution < 1.29 is 19.1 Å². The minimum absolute atomic E-state index is 0.129. The van der Waals surface area contributed by atoms with E-state index in [9.17, 15) is 14.4 Å². The number of urea groups is 1. The van der Waals surface area contributed by atoms with Crippen molar-refractivity contribution in [1.29, 1.82) is 0 Å². The predicted molar refractivity (Wildman–Crippen MR) is 118 cm³/mol. The van der Waals surface area contributed by atoms with Crippen molar-refractivity contribution in [3.05, 3.63) is 46.7 Å². The topological polar surface area (TPSA) is 91.0 Å². The van der Waals surface area contributed by atoms with E-state index in [-0.39, 0.29) is 30.9 Å². The number of amides is 4. The zero-order valence-corrected chi connectivity index (χ0v) is 18.2. The fourth-order valence-corrected chi connectivity index (χ4v) is 4.80. The van der Waals surface area contributed by atoms with E-state index in [2.05, 4.69) is 10.6 Å². The van der Waals surface area contributed by atoms with Gasteiger partial charge in [0.05, 0.1) is 24.9 Å². The number of carbonyl (C=O) groups excluding carboxylic acids is 3. The molecule has 31 heavy (non-hydrogen) atoms. The third-order valence-electron chi connectivity index (χ3n) is 5.50. The summed E-state index contributed by atoms with van der Waals surface area (Å²) in [5, 5.41) is 8.01. The van der Waals surface area contributed by atoms with E-state index in [0.717, 1.165) is 17.8 Å². The van der Waals surface area contributed by atoms with E-state index in [1.165, 1.54) is 21.1 Å². The van der Waals surface area contributed by atoms with E-state index >= 15 is 0 Å². The molecule has 2 aliphatic heterocycles. The zero-order valence-electron chi connectivity index (χ0n) is 17.4. The molecule has 0 saturated carbocycles. The third-order valence-corrected chi connectivity index (χ3v) is 6.36. The molecule has 9 heteroatoms. The van der Waals surface area contributed by atoms with Crippen LogP contribution in [0.15, 0.2) is 41.8 Å². The number of nitrogens with zero attached hydrogens (tertiary/aromatic N) is 2. The normalized spacial score (nSPS) is 21.1. The van der Waals surface area contributed by atoms with Crippen LogP contribution in [0.3, 0.4) is 0 Å². The van der Waals surface area contributed by atoms with Gasteiger partial charge >= 0.3 is 6.03 Å². The Kier molecular flexibility index (Phi) is 6.53. The van der Waals surface area contributed by atoms with Crippen LogP contribution in [-0.2, 0) is 16.1 Å². The van der Waals surface area contributed by atoms with Crippen LogP contribution >= 0.6 is 11.3 Å². The lowest BCUT2D eigenvalue weighted by Gasteiger charge is -2.46. The predicted octanol–water partition coefficient (Wildman–Crippen LogP) is 2.67. The van der Waals surface area contributed by atoms with Crippen LogP contribution in [0.5, 0.6) is 5.75 Å². The van der Waals surface area contributed by atoms with Crippen molar-refractivity contribution in [3.63, 3.8) is 0 Å². The number of anilines is 1. The van der Waals surface area contributed by atoms with E-state index < -0.39 is 12.1 Å². The van der Waals surface area contributed by atoms with Gasteiger partial charge in [-0.3, -0.25) is 14.5 Å². The van der Waals surface area contributed by atoms with Gasteiger partial charge in [0.25, 0.3) is 0 Å². The Labute approximate surface area is 185 Å². The number of hydrogen-bond donors (Lipinski definition) is 2. The fourth-order valence-electron chi connectivity index (χ4n) is 4.10. The molecule has 3 heterocycles. The molecule has 0 spiro atoms. The molecule has 2 atom stereocenters. The summed E-state index contributed by atoms with van der Waals surface area (Å²) in [4.78, 5) is 42.9. The van der Waals surface area contributed by atoms with Crippen LogP contribution in [0.25, 0.3) is 0 Å². The molecular weight excluding hydrogens is 416 g/mol. The van der Waals surface area contributed by atoms with Crippen LogP contribution in [0.2, 0.25) is 0 Å². The maximum atomic E-state index is 13.3. The lowest BCUT2D eigenvalue weighted by atomic mass is 9.93. The Balaban J connectivity index is 1.53. The van der Waals surface area contributed by atoms with E-state index in [4.69, 9.17) is 4.74 Å². The number of nitrogens with one attached hydrogen (secondary N) is 2. The number of ether oxygens (including phenoxy) is 1. The first-order chi connectivity index (χ1) is 15.1. The first-order valence-electron chi connectivity index (χ1n) is 10.5. The van der Waals surface area contributed by atoms with Crippen molar-refractivity contribution in [1.82, 2.24) is 15.1 Å². The minimum Gasteiger partial charge on any atom is -0.492 e. The van der Waals surface area contributed by atoms with Crippen molar-refractivity contribution in [3.8, 4) is 5.75 Å². The summed E-state index contributed by atoms with van der Waals surface area (Å²) in [5.41, 5.74) is 0.559. The minimum atomic E-state index is -0.491. The molecular formula is C22H26N4O4S. The summed E-state index contributed by atoms with van der Waals surface area (Å²) in [6, 6.07) is 9.74. The molecule has 2 aromatic rings. The van der Waals surface area contributed by atoms with Gasteiger partial charge in [0.15, 0.2) is 0 Å². The van der Waals surface area contributed by atoms with Gasteiger partial charge in [-0.25, -0.2) is 4.79 Å². The average molecular weight is 443 g/mol. The van der Waals surface area contributed by atoms with Crippen LogP contribution in [0.1, 0.15) is 24.6 Å². The highest BCUT2D eigenvalue weighted by Gasteiger charge is 2.47. The summed E-state index contributed by atoms with van der Waals surface area (Å²) < 4.78 is 5.57. The molecule has 0 aliphatic carbocycles. The number of rotatable bonds is 7. The van der Waals surface area contributed by atoms with E-state index in [0.29, 0.717) is 24.5 Å². The molecule has 4 rings (SSSR count). The van der Waals surface area contributed by atoms with Crippen molar-refractivity contribution in [2.24, 2.45) is 0 Å². The zero-order chi connectivity index (χ0) is 21.8. The Bertz CT molecular complexity index is 949. The molecule has 0 radical (unpaired) electrons. The van der Waals surface area contributed by atoms with E-state index in [1.54, 1.807) is 12.1 Å². The fraction of sp³-hybridized carbons (Fsp3) is 0.409. The molecule has 1 aromatic heterocycles. The monoisotopic (exact) mass is 442 g/mol. The number of para-hydroxylation sites is 2. The number of piperidine rings is 1. The van der Waals surface area contributed by atoms with Gasteiger partial charge < -0.3 is 20.3 Å². The first kappa shape index (κ1) is 21.3. The molecule has 2 saturated heterocycles. The smallest absolute Gasteiger partial charge is 0.327 e. The maximum Gasteiger partial charge on any atom is 0.327 e. The highest BCUT2D eigenvalue weighted by molar-refractivity contribution is 7.09. The number of benzene rings is 1. The summed E-state index contributed by atoms with van der Waals surface area (Å²) in [5.74, 6) is 0.0340. The van der Waals surface area contributed by atoms with Crippen molar-refractivity contribution in [2.45, 2.75) is 38.4 Å². The Morgan fingerprint density at radius 1 is 1.26 bits per heavy atom. The molecule has 8 nitrogen and oxygen atoms in total. The van der Waals surface area contributed by atoms with Crippen molar-refractivity contribution in [2.75, 3.05) is 25.0 Å². The number of fused-ring (bicyclic) bond motifs is 1. The van der Waals surface area contributed by atoms with Gasteiger partial charge in [0, 0.05) is 4.88 Å². The Hall–Kier alpha value is -2.91. The number of thiophene rings is 1. The van der Waals surface area contributed by atoms with Gasteiger partial charge in [-0.2, -0.15) is 0 Å². The van der Waals surface area contributed by atoms with Gasteiger partial charge in [0.2, 0.25) is 11.8 Å². The van der Waals surface area contributed by atoms with E-state index in [1.807, 2.05) is 36.6 Å². The van der Waals surface area contributed by atoms with Gasteiger partial charge in [-0.15, -0.1) is 11.3 Å². The standard InChI is InChI=1S/C22H26N4O4S/c1-2-30-18-10-4-3-8-16(18)24-19(27)14-25-17-9-5-11-23-20(17)21(28)26(22(25)29)13-15-7-6-12-31-15/h3-4,6-8,10,12,17,20,23H,2,5,9,11,13-14H2,1H3,(H,24,27). The second-order valence-corrected chi connectivity index (χ2v) is 8.57. The maximum absolute atomic E-state index is 13.3. The highest BCUT2D eigenvalue weighted by atomic mass is 32.1. The van der Waals surface area contributed by atoms with Gasteiger partial charge in [-0.1, -0.05) is 18.2 Å². The summed E-state index contributed by atoms with van der Waals surface area (Å²) in [6.07, 6.45) is 1.53. The Morgan fingerprint density at radius 3 is 2.87 bits per heavy atom. The molecule has 2 unspecified atom stereocenters. The van der Waals surface area contributed by atoms with Crippen molar-refractivity contribution >= 4 is 34.9 Å². The number of carbonyl (C=O) groups is 3. The average Bonchev–Trinajstić information content (AvgIpc) is 3.29. The quantitative estimate of drug-likeness (QED) is 0.688. The molecule has 164 valence electrons. The summed E-state index contributed by atoms with van der Waals surface area (Å²) in [7, 11) is 0. The first-order valence-corrected chi connectivity index (χ1v) is 11.4. The molecule has 1 aromatic carbocycles. The van der Waals surface area contributed by atoms with Gasteiger partial charge in [0.1, 0.15) is 18.3 Å². The molecule has 2 N–H and O–H groups in total. The number of imide groups is 1. The molecule has 0 bridgehead atoms.